The molecule has 0 saturated carbocycles. The summed E-state index contributed by atoms with van der Waals surface area (Å²) in [5, 5.41) is 0.685. The summed E-state index contributed by atoms with van der Waals surface area (Å²) in [7, 11) is 1.62. The topological polar surface area (TPSA) is 30.8 Å². The molecule has 0 aromatic heterocycles. The van der Waals surface area contributed by atoms with Gasteiger partial charge >= 0.3 is 0 Å². The van der Waals surface area contributed by atoms with Crippen LogP contribution in [0.3, 0.4) is 0 Å². The van der Waals surface area contributed by atoms with E-state index in [1.54, 1.807) is 7.11 Å². The van der Waals surface area contributed by atoms with E-state index in [4.69, 9.17) is 21.1 Å². The zero-order valence-electron chi connectivity index (χ0n) is 16.0. The van der Waals surface area contributed by atoms with Gasteiger partial charge in [-0.25, -0.2) is 0 Å². The number of hydrogen-bond donors (Lipinski definition) is 0. The number of aryl methyl sites for hydroxylation is 1. The van der Waals surface area contributed by atoms with Crippen LogP contribution in [-0.4, -0.2) is 13.3 Å². The fraction of sp³-hybridized carbons (Fsp3) is 0.174. The molecule has 0 unspecified atom stereocenters. The van der Waals surface area contributed by atoms with Gasteiger partial charge in [-0.3, -0.25) is 4.99 Å². The van der Waals surface area contributed by atoms with Gasteiger partial charge in [0.05, 0.1) is 17.3 Å². The van der Waals surface area contributed by atoms with Crippen molar-refractivity contribution in [2.45, 2.75) is 20.5 Å². The Balaban J connectivity index is 1.83. The fourth-order valence-corrected chi connectivity index (χ4v) is 3.54. The summed E-state index contributed by atoms with van der Waals surface area (Å²) < 4.78 is 12.3. The Morgan fingerprint density at radius 3 is 2.61 bits per heavy atom. The van der Waals surface area contributed by atoms with E-state index in [9.17, 15) is 0 Å². The molecule has 0 atom stereocenters. The van der Waals surface area contributed by atoms with Crippen LogP contribution in [0.5, 0.6) is 11.5 Å². The summed E-state index contributed by atoms with van der Waals surface area (Å²) in [6.07, 6.45) is 1.83. The third-order valence-electron chi connectivity index (χ3n) is 4.45. The molecule has 0 bridgehead atoms. The Morgan fingerprint density at radius 2 is 1.86 bits per heavy atom. The number of aliphatic imine (C=N–C) groups is 1. The van der Waals surface area contributed by atoms with Crippen molar-refractivity contribution in [1.29, 1.82) is 0 Å². The Hall–Kier alpha value is -2.30. The summed E-state index contributed by atoms with van der Waals surface area (Å²) in [5.41, 5.74) is 5.25. The number of methoxy groups -OCH3 is 1. The summed E-state index contributed by atoms with van der Waals surface area (Å²) in [5.74, 6) is 1.28. The minimum Gasteiger partial charge on any atom is -0.493 e. The van der Waals surface area contributed by atoms with Crippen molar-refractivity contribution in [3.8, 4) is 11.5 Å². The molecule has 144 valence electrons. The first-order chi connectivity index (χ1) is 13.5. The van der Waals surface area contributed by atoms with Crippen molar-refractivity contribution in [1.82, 2.24) is 0 Å². The molecule has 0 aliphatic rings. The van der Waals surface area contributed by atoms with Crippen molar-refractivity contribution in [2.24, 2.45) is 4.99 Å². The van der Waals surface area contributed by atoms with E-state index in [0.717, 1.165) is 21.3 Å². The molecule has 0 N–H and O–H groups in total. The van der Waals surface area contributed by atoms with Crippen molar-refractivity contribution in [3.63, 3.8) is 0 Å². The first kappa shape index (κ1) is 20.4. The van der Waals surface area contributed by atoms with Gasteiger partial charge in [-0.1, -0.05) is 35.9 Å². The van der Waals surface area contributed by atoms with Crippen LogP contribution in [0, 0.1) is 13.8 Å². The van der Waals surface area contributed by atoms with Crippen LogP contribution in [0.25, 0.3) is 0 Å². The molecule has 0 heterocycles. The van der Waals surface area contributed by atoms with Crippen LogP contribution >= 0.6 is 27.5 Å². The fourth-order valence-electron chi connectivity index (χ4n) is 2.76. The molecule has 3 aromatic rings. The molecule has 3 nitrogen and oxygen atoms in total. The quantitative estimate of drug-likeness (QED) is 0.370. The average Bonchev–Trinajstić information content (AvgIpc) is 2.68. The number of halogens is 2. The van der Waals surface area contributed by atoms with Crippen LogP contribution < -0.4 is 9.47 Å². The second kappa shape index (κ2) is 9.26. The first-order valence-electron chi connectivity index (χ1n) is 8.83. The molecule has 0 aliphatic carbocycles. The summed E-state index contributed by atoms with van der Waals surface area (Å²) in [4.78, 5) is 4.63. The number of benzene rings is 3. The van der Waals surface area contributed by atoms with Gasteiger partial charge in [-0.15, -0.1) is 0 Å². The van der Waals surface area contributed by atoms with Crippen molar-refractivity contribution in [3.05, 3.63) is 86.3 Å². The van der Waals surface area contributed by atoms with Crippen LogP contribution in [0.2, 0.25) is 5.02 Å². The maximum Gasteiger partial charge on any atom is 0.175 e. The predicted molar refractivity (Wildman–Crippen MR) is 120 cm³/mol. The predicted octanol–water partition coefficient (Wildman–Crippen LogP) is 7.06. The highest BCUT2D eigenvalue weighted by Gasteiger charge is 2.12. The summed E-state index contributed by atoms with van der Waals surface area (Å²) in [6, 6.07) is 17.6. The van der Waals surface area contributed by atoms with E-state index in [2.05, 4.69) is 40.8 Å². The molecule has 0 aliphatic heterocycles. The lowest BCUT2D eigenvalue weighted by atomic mass is 10.1. The SMILES string of the molecule is COc1cc(C=Nc2cccc(C)c2C)cc(Br)c1OCc1cccc(Cl)c1. The van der Waals surface area contributed by atoms with E-state index < -0.39 is 0 Å². The van der Waals surface area contributed by atoms with E-state index in [1.807, 2.05) is 54.7 Å². The molecule has 28 heavy (non-hydrogen) atoms. The zero-order valence-corrected chi connectivity index (χ0v) is 18.3. The van der Waals surface area contributed by atoms with Gasteiger partial charge in [-0.2, -0.15) is 0 Å². The van der Waals surface area contributed by atoms with Gasteiger partial charge in [0.15, 0.2) is 11.5 Å². The van der Waals surface area contributed by atoms with Gasteiger partial charge in [0.1, 0.15) is 6.61 Å². The molecule has 0 spiro atoms. The molecule has 5 heteroatoms. The molecule has 0 saturated heterocycles. The van der Waals surface area contributed by atoms with Gasteiger partial charge in [0.25, 0.3) is 0 Å². The normalized spacial score (nSPS) is 11.0. The van der Waals surface area contributed by atoms with Crippen LogP contribution in [0.4, 0.5) is 5.69 Å². The highest BCUT2D eigenvalue weighted by Crippen LogP contribution is 2.37. The van der Waals surface area contributed by atoms with Crippen molar-refractivity contribution in [2.75, 3.05) is 7.11 Å². The third kappa shape index (κ3) is 4.94. The molecule has 3 aromatic carbocycles. The molecule has 0 fully saturated rings. The molecule has 0 radical (unpaired) electrons. The Morgan fingerprint density at radius 1 is 1.07 bits per heavy atom. The van der Waals surface area contributed by atoms with Gasteiger partial charge < -0.3 is 9.47 Å². The van der Waals surface area contributed by atoms with E-state index in [-0.39, 0.29) is 0 Å². The second-order valence-corrected chi connectivity index (χ2v) is 7.72. The Kier molecular flexibility index (Phi) is 6.76. The zero-order chi connectivity index (χ0) is 20.1. The lowest BCUT2D eigenvalue weighted by molar-refractivity contribution is 0.282. The number of hydrogen-bond acceptors (Lipinski definition) is 3. The number of ether oxygens (including phenoxy) is 2. The monoisotopic (exact) mass is 457 g/mol. The number of rotatable bonds is 6. The molecule has 0 amide bonds. The number of nitrogens with zero attached hydrogens (tertiary/aromatic N) is 1. The molecule has 3 rings (SSSR count). The van der Waals surface area contributed by atoms with E-state index in [0.29, 0.717) is 23.1 Å². The maximum absolute atomic E-state index is 6.04. The van der Waals surface area contributed by atoms with Crippen LogP contribution in [-0.2, 0) is 6.61 Å². The average molecular weight is 459 g/mol. The Bertz CT molecular complexity index is 1020. The maximum atomic E-state index is 6.04. The minimum absolute atomic E-state index is 0.394. The van der Waals surface area contributed by atoms with Gasteiger partial charge in [-0.05, 0) is 82.4 Å². The highest BCUT2D eigenvalue weighted by molar-refractivity contribution is 9.10. The molecular weight excluding hydrogens is 438 g/mol. The van der Waals surface area contributed by atoms with Crippen LogP contribution in [0.1, 0.15) is 22.3 Å². The van der Waals surface area contributed by atoms with Gasteiger partial charge in [0.2, 0.25) is 0 Å². The standard InChI is InChI=1S/C23H21BrClNO2/c1-15-6-4-9-21(16(15)2)26-13-18-11-20(24)23(22(12-18)27-3)28-14-17-7-5-8-19(25)10-17/h4-13H,14H2,1-3H3. The van der Waals surface area contributed by atoms with Gasteiger partial charge in [0, 0.05) is 11.2 Å². The lowest BCUT2D eigenvalue weighted by Crippen LogP contribution is -1.99. The van der Waals surface area contributed by atoms with Crippen molar-refractivity contribution >= 4 is 39.4 Å². The third-order valence-corrected chi connectivity index (χ3v) is 5.28. The highest BCUT2D eigenvalue weighted by atomic mass is 79.9. The summed E-state index contributed by atoms with van der Waals surface area (Å²) in [6.45, 7) is 4.55. The van der Waals surface area contributed by atoms with E-state index >= 15 is 0 Å². The molecular formula is C23H21BrClNO2. The lowest BCUT2D eigenvalue weighted by Gasteiger charge is -2.14. The largest absolute Gasteiger partial charge is 0.493 e. The second-order valence-electron chi connectivity index (χ2n) is 6.43. The Labute approximate surface area is 179 Å². The first-order valence-corrected chi connectivity index (χ1v) is 10.00. The van der Waals surface area contributed by atoms with Crippen LogP contribution in [0.15, 0.2) is 64.1 Å². The summed E-state index contributed by atoms with van der Waals surface area (Å²) >= 11 is 9.63. The van der Waals surface area contributed by atoms with E-state index in [1.165, 1.54) is 11.1 Å². The smallest absolute Gasteiger partial charge is 0.175 e. The minimum atomic E-state index is 0.394. The van der Waals surface area contributed by atoms with Crippen molar-refractivity contribution < 1.29 is 9.47 Å².